The Hall–Kier alpha value is -4.41. The Balaban J connectivity index is 1.46. The molecule has 2 N–H and O–H groups in total. The molecule has 0 unspecified atom stereocenters. The van der Waals surface area contributed by atoms with E-state index in [0.717, 1.165) is 4.90 Å². The first-order valence-electron chi connectivity index (χ1n) is 11.1. The SMILES string of the molecule is CC(C)CC(=O)Nc1ccc(C(=O)CN2C(=O)N[C@@](C)(c3cccc(-n4cnnn4)c3)C2=O)cc1. The van der Waals surface area contributed by atoms with Crippen molar-refractivity contribution in [2.75, 3.05) is 11.9 Å². The number of rotatable bonds is 8. The molecule has 180 valence electrons. The van der Waals surface area contributed by atoms with Crippen molar-refractivity contribution in [3.05, 3.63) is 66.0 Å². The van der Waals surface area contributed by atoms with Crippen LogP contribution in [0.2, 0.25) is 0 Å². The van der Waals surface area contributed by atoms with E-state index in [1.165, 1.54) is 11.0 Å². The maximum atomic E-state index is 13.3. The zero-order valence-corrected chi connectivity index (χ0v) is 19.6. The number of carbonyl (C=O) groups is 4. The van der Waals surface area contributed by atoms with Crippen LogP contribution in [0.5, 0.6) is 0 Å². The van der Waals surface area contributed by atoms with E-state index < -0.39 is 29.8 Å². The van der Waals surface area contributed by atoms with Crippen molar-refractivity contribution in [1.29, 1.82) is 0 Å². The van der Waals surface area contributed by atoms with Crippen molar-refractivity contribution in [2.45, 2.75) is 32.7 Å². The number of anilines is 1. The smallest absolute Gasteiger partial charge is 0.325 e. The zero-order chi connectivity index (χ0) is 25.2. The van der Waals surface area contributed by atoms with E-state index in [-0.39, 0.29) is 11.8 Å². The monoisotopic (exact) mass is 475 g/mol. The summed E-state index contributed by atoms with van der Waals surface area (Å²) in [7, 11) is 0. The van der Waals surface area contributed by atoms with Gasteiger partial charge in [0.25, 0.3) is 5.91 Å². The van der Waals surface area contributed by atoms with Crippen molar-refractivity contribution < 1.29 is 19.2 Å². The Morgan fingerprint density at radius 2 is 1.86 bits per heavy atom. The van der Waals surface area contributed by atoms with E-state index in [4.69, 9.17) is 0 Å². The average molecular weight is 476 g/mol. The van der Waals surface area contributed by atoms with Crippen LogP contribution in [0.3, 0.4) is 0 Å². The lowest BCUT2D eigenvalue weighted by molar-refractivity contribution is -0.130. The van der Waals surface area contributed by atoms with Crippen molar-refractivity contribution in [2.24, 2.45) is 5.92 Å². The molecule has 4 amide bonds. The Bertz CT molecular complexity index is 1270. The molecule has 0 saturated carbocycles. The minimum Gasteiger partial charge on any atom is -0.326 e. The first-order valence-corrected chi connectivity index (χ1v) is 11.1. The maximum absolute atomic E-state index is 13.3. The summed E-state index contributed by atoms with van der Waals surface area (Å²) < 4.78 is 1.43. The van der Waals surface area contributed by atoms with Gasteiger partial charge < -0.3 is 10.6 Å². The van der Waals surface area contributed by atoms with Gasteiger partial charge in [0.15, 0.2) is 5.78 Å². The molecule has 1 aromatic heterocycles. The molecular weight excluding hydrogens is 450 g/mol. The van der Waals surface area contributed by atoms with Crippen LogP contribution < -0.4 is 10.6 Å². The molecule has 11 nitrogen and oxygen atoms in total. The predicted molar refractivity (Wildman–Crippen MR) is 126 cm³/mol. The Labute approximate surface area is 201 Å². The quantitative estimate of drug-likeness (QED) is 0.376. The molecule has 1 fully saturated rings. The highest BCUT2D eigenvalue weighted by Crippen LogP contribution is 2.30. The van der Waals surface area contributed by atoms with Gasteiger partial charge in [-0.25, -0.2) is 9.48 Å². The summed E-state index contributed by atoms with van der Waals surface area (Å²) in [5, 5.41) is 16.5. The Morgan fingerprint density at radius 1 is 1.11 bits per heavy atom. The van der Waals surface area contributed by atoms with E-state index in [1.807, 2.05) is 13.8 Å². The third kappa shape index (κ3) is 4.93. The number of amides is 4. The number of benzene rings is 2. The number of tetrazole rings is 1. The molecule has 1 aliphatic rings. The summed E-state index contributed by atoms with van der Waals surface area (Å²) in [6, 6.07) is 12.6. The van der Waals surface area contributed by atoms with Gasteiger partial charge in [0.05, 0.1) is 12.2 Å². The molecule has 2 heterocycles. The lowest BCUT2D eigenvalue weighted by Crippen LogP contribution is -2.41. The highest BCUT2D eigenvalue weighted by molar-refractivity contribution is 6.11. The number of imide groups is 1. The van der Waals surface area contributed by atoms with Gasteiger partial charge in [0, 0.05) is 17.7 Å². The average Bonchev–Trinajstić information content (AvgIpc) is 3.43. The molecule has 0 aliphatic carbocycles. The second kappa shape index (κ2) is 9.45. The first kappa shape index (κ1) is 23.7. The summed E-state index contributed by atoms with van der Waals surface area (Å²) in [6.07, 6.45) is 1.81. The van der Waals surface area contributed by atoms with Crippen LogP contribution in [0.1, 0.15) is 43.1 Å². The molecular formula is C24H25N7O4. The van der Waals surface area contributed by atoms with E-state index in [1.54, 1.807) is 55.5 Å². The lowest BCUT2D eigenvalue weighted by Gasteiger charge is -2.22. The number of hydrogen-bond donors (Lipinski definition) is 2. The fraction of sp³-hybridized carbons (Fsp3) is 0.292. The van der Waals surface area contributed by atoms with Gasteiger partial charge in [-0.2, -0.15) is 0 Å². The molecule has 0 radical (unpaired) electrons. The highest BCUT2D eigenvalue weighted by atomic mass is 16.2. The molecule has 3 aromatic rings. The summed E-state index contributed by atoms with van der Waals surface area (Å²) in [5.74, 6) is -0.822. The number of nitrogens with zero attached hydrogens (tertiary/aromatic N) is 5. The van der Waals surface area contributed by atoms with Crippen molar-refractivity contribution in [3.8, 4) is 5.69 Å². The van der Waals surface area contributed by atoms with Gasteiger partial charge in [-0.1, -0.05) is 26.0 Å². The fourth-order valence-electron chi connectivity index (χ4n) is 3.83. The lowest BCUT2D eigenvalue weighted by atomic mass is 9.91. The highest BCUT2D eigenvalue weighted by Gasteiger charge is 2.49. The van der Waals surface area contributed by atoms with Crippen LogP contribution >= 0.6 is 0 Å². The van der Waals surface area contributed by atoms with Gasteiger partial charge in [0.2, 0.25) is 5.91 Å². The number of urea groups is 1. The second-order valence-electron chi connectivity index (χ2n) is 8.90. The molecule has 1 saturated heterocycles. The van der Waals surface area contributed by atoms with Crippen molar-refractivity contribution in [3.63, 3.8) is 0 Å². The largest absolute Gasteiger partial charge is 0.326 e. The zero-order valence-electron chi connectivity index (χ0n) is 19.6. The van der Waals surface area contributed by atoms with Crippen LogP contribution in [0.25, 0.3) is 5.69 Å². The van der Waals surface area contributed by atoms with E-state index in [0.29, 0.717) is 28.9 Å². The standard InChI is InChI=1S/C24H25N7O4/c1-15(2)11-21(33)26-18-9-7-16(8-10-18)20(32)13-30-22(34)24(3,27-23(30)35)17-5-4-6-19(12-17)31-14-25-28-29-31/h4-10,12,14-15H,11,13H2,1-3H3,(H,26,33)(H,27,35)/t24-/m0/s1. The van der Waals surface area contributed by atoms with Gasteiger partial charge in [0.1, 0.15) is 11.9 Å². The third-order valence-corrected chi connectivity index (χ3v) is 5.70. The molecule has 2 aromatic carbocycles. The van der Waals surface area contributed by atoms with Gasteiger partial charge >= 0.3 is 6.03 Å². The number of carbonyl (C=O) groups excluding carboxylic acids is 4. The minimum atomic E-state index is -1.36. The summed E-state index contributed by atoms with van der Waals surface area (Å²) in [5.41, 5.74) is 0.677. The van der Waals surface area contributed by atoms with E-state index >= 15 is 0 Å². The molecule has 0 bridgehead atoms. The molecule has 35 heavy (non-hydrogen) atoms. The number of hydrogen-bond acceptors (Lipinski definition) is 7. The van der Waals surface area contributed by atoms with Crippen LogP contribution in [0, 0.1) is 5.92 Å². The second-order valence-corrected chi connectivity index (χ2v) is 8.90. The van der Waals surface area contributed by atoms with Crippen molar-refractivity contribution >= 4 is 29.3 Å². The number of nitrogens with one attached hydrogen (secondary N) is 2. The summed E-state index contributed by atoms with van der Waals surface area (Å²) in [6.45, 7) is 5.08. The van der Waals surface area contributed by atoms with Crippen LogP contribution in [-0.4, -0.2) is 55.3 Å². The van der Waals surface area contributed by atoms with Crippen LogP contribution in [0.15, 0.2) is 54.9 Å². The van der Waals surface area contributed by atoms with Gasteiger partial charge in [-0.3, -0.25) is 19.3 Å². The summed E-state index contributed by atoms with van der Waals surface area (Å²) >= 11 is 0. The van der Waals surface area contributed by atoms with Crippen molar-refractivity contribution in [1.82, 2.24) is 30.4 Å². The van der Waals surface area contributed by atoms with E-state index in [2.05, 4.69) is 26.2 Å². The number of Topliss-reactive ketones (excluding diaryl/α,β-unsaturated/α-hetero) is 1. The molecule has 4 rings (SSSR count). The molecule has 1 atom stereocenters. The Kier molecular flexibility index (Phi) is 6.41. The predicted octanol–water partition coefficient (Wildman–Crippen LogP) is 2.30. The third-order valence-electron chi connectivity index (χ3n) is 5.70. The molecule has 11 heteroatoms. The minimum absolute atomic E-state index is 0.109. The Morgan fingerprint density at radius 3 is 2.51 bits per heavy atom. The van der Waals surface area contributed by atoms with Crippen LogP contribution in [0.4, 0.5) is 10.5 Å². The van der Waals surface area contributed by atoms with E-state index in [9.17, 15) is 19.2 Å². The maximum Gasteiger partial charge on any atom is 0.325 e. The first-order chi connectivity index (χ1) is 16.7. The fourth-order valence-corrected chi connectivity index (χ4v) is 3.83. The number of aromatic nitrogens is 4. The summed E-state index contributed by atoms with van der Waals surface area (Å²) in [4.78, 5) is 51.6. The molecule has 0 spiro atoms. The van der Waals surface area contributed by atoms with Crippen LogP contribution in [-0.2, 0) is 15.1 Å². The molecule has 1 aliphatic heterocycles. The normalized spacial score (nSPS) is 17.5. The van der Waals surface area contributed by atoms with Gasteiger partial charge in [-0.05, 0) is 65.2 Å². The number of ketones is 1. The topological polar surface area (TPSA) is 139 Å². The van der Waals surface area contributed by atoms with Gasteiger partial charge in [-0.15, -0.1) is 5.10 Å².